The number of halogens is 1. The Bertz CT molecular complexity index is 1280. The molecule has 2 amide bonds. The molecule has 12 heteroatoms. The second-order valence-corrected chi connectivity index (χ2v) is 11.5. The highest BCUT2D eigenvalue weighted by Crippen LogP contribution is 2.42. The maximum atomic E-state index is 14.9. The molecule has 1 aromatic carbocycles. The van der Waals surface area contributed by atoms with E-state index >= 15 is 0 Å². The third-order valence-corrected chi connectivity index (χ3v) is 8.83. The molecular formula is C24H30FN5O5S. The average Bonchev–Trinajstić information content (AvgIpc) is 3.62. The van der Waals surface area contributed by atoms with Crippen LogP contribution in [0.5, 0.6) is 0 Å². The molecule has 0 bridgehead atoms. The minimum absolute atomic E-state index is 0.0313. The van der Waals surface area contributed by atoms with Crippen LogP contribution >= 0.6 is 0 Å². The number of piperidine rings is 1. The van der Waals surface area contributed by atoms with Crippen molar-refractivity contribution in [3.63, 3.8) is 0 Å². The van der Waals surface area contributed by atoms with Crippen LogP contribution in [0.3, 0.4) is 0 Å². The Hall–Kier alpha value is -2.99. The van der Waals surface area contributed by atoms with E-state index in [0.29, 0.717) is 25.7 Å². The molecule has 0 saturated carbocycles. The van der Waals surface area contributed by atoms with Gasteiger partial charge in [0.15, 0.2) is 5.69 Å². The SMILES string of the molecule is CN(C)C(=O)C1CCN(S(=O)(=O)NC(=O)c2coc(Nc3c4c(c(F)c5c3CCC5)CCC4)n2)CC1. The summed E-state index contributed by atoms with van der Waals surface area (Å²) in [6.45, 7) is 0.276. The molecule has 1 aromatic heterocycles. The molecule has 5 rings (SSSR count). The van der Waals surface area contributed by atoms with E-state index in [4.69, 9.17) is 4.42 Å². The molecule has 0 atom stereocenters. The van der Waals surface area contributed by atoms with Crippen molar-refractivity contribution in [2.24, 2.45) is 5.92 Å². The molecule has 2 aromatic rings. The summed E-state index contributed by atoms with van der Waals surface area (Å²) in [5.41, 5.74) is 3.95. The first-order valence-electron chi connectivity index (χ1n) is 12.3. The quantitative estimate of drug-likeness (QED) is 0.600. The van der Waals surface area contributed by atoms with E-state index in [9.17, 15) is 22.4 Å². The molecular weight excluding hydrogens is 489 g/mol. The van der Waals surface area contributed by atoms with Crippen LogP contribution < -0.4 is 10.0 Å². The lowest BCUT2D eigenvalue weighted by molar-refractivity contribution is -0.134. The lowest BCUT2D eigenvalue weighted by Crippen LogP contribution is -2.48. The van der Waals surface area contributed by atoms with E-state index < -0.39 is 16.1 Å². The van der Waals surface area contributed by atoms with Gasteiger partial charge in [-0.15, -0.1) is 0 Å². The van der Waals surface area contributed by atoms with Crippen molar-refractivity contribution in [2.45, 2.75) is 51.4 Å². The van der Waals surface area contributed by atoms with Gasteiger partial charge in [-0.2, -0.15) is 17.7 Å². The van der Waals surface area contributed by atoms with Crippen LogP contribution in [0.4, 0.5) is 16.1 Å². The maximum absolute atomic E-state index is 14.9. The van der Waals surface area contributed by atoms with Crippen LogP contribution in [0, 0.1) is 11.7 Å². The highest BCUT2D eigenvalue weighted by atomic mass is 32.2. The van der Waals surface area contributed by atoms with E-state index in [0.717, 1.165) is 64.2 Å². The molecule has 194 valence electrons. The van der Waals surface area contributed by atoms with Crippen molar-refractivity contribution in [2.75, 3.05) is 32.5 Å². The van der Waals surface area contributed by atoms with Gasteiger partial charge < -0.3 is 14.6 Å². The highest BCUT2D eigenvalue weighted by Gasteiger charge is 2.34. The molecule has 36 heavy (non-hydrogen) atoms. The largest absolute Gasteiger partial charge is 0.431 e. The summed E-state index contributed by atoms with van der Waals surface area (Å²) in [5.74, 6) is -1.27. The number of carbonyl (C=O) groups is 2. The average molecular weight is 520 g/mol. The minimum atomic E-state index is -4.11. The summed E-state index contributed by atoms with van der Waals surface area (Å²) in [5, 5.41) is 3.14. The summed E-state index contributed by atoms with van der Waals surface area (Å²) in [4.78, 5) is 30.5. The van der Waals surface area contributed by atoms with Gasteiger partial charge in [0.05, 0.1) is 0 Å². The summed E-state index contributed by atoms with van der Waals surface area (Å²) < 4.78 is 49.1. The predicted molar refractivity (Wildman–Crippen MR) is 130 cm³/mol. The first kappa shape index (κ1) is 24.7. The van der Waals surface area contributed by atoms with Gasteiger partial charge in [0, 0.05) is 38.8 Å². The van der Waals surface area contributed by atoms with Gasteiger partial charge in [-0.25, -0.2) is 9.11 Å². The topological polar surface area (TPSA) is 125 Å². The molecule has 0 radical (unpaired) electrons. The Kier molecular flexibility index (Phi) is 6.50. The van der Waals surface area contributed by atoms with Crippen LogP contribution in [0.1, 0.15) is 58.4 Å². The van der Waals surface area contributed by atoms with Crippen molar-refractivity contribution in [3.05, 3.63) is 40.0 Å². The molecule has 0 unspecified atom stereocenters. The van der Waals surface area contributed by atoms with Gasteiger partial charge in [-0.3, -0.25) is 9.59 Å². The van der Waals surface area contributed by atoms with E-state index in [1.165, 1.54) is 4.90 Å². The number of amides is 2. The van der Waals surface area contributed by atoms with Gasteiger partial charge in [0.25, 0.3) is 11.9 Å². The van der Waals surface area contributed by atoms with Gasteiger partial charge in [0.2, 0.25) is 5.91 Å². The van der Waals surface area contributed by atoms with Crippen molar-refractivity contribution >= 4 is 33.7 Å². The van der Waals surface area contributed by atoms with E-state index in [1.807, 2.05) is 4.72 Å². The lowest BCUT2D eigenvalue weighted by Gasteiger charge is -2.31. The molecule has 2 aliphatic carbocycles. The summed E-state index contributed by atoms with van der Waals surface area (Å²) >= 11 is 0. The van der Waals surface area contributed by atoms with Crippen LogP contribution in [0.25, 0.3) is 0 Å². The van der Waals surface area contributed by atoms with E-state index in [2.05, 4.69) is 10.3 Å². The number of benzene rings is 1. The molecule has 1 fully saturated rings. The number of hydrogen-bond donors (Lipinski definition) is 2. The van der Waals surface area contributed by atoms with Crippen molar-refractivity contribution in [1.82, 2.24) is 18.9 Å². The Morgan fingerprint density at radius 1 is 1.06 bits per heavy atom. The minimum Gasteiger partial charge on any atom is -0.431 e. The number of nitrogens with one attached hydrogen (secondary N) is 2. The zero-order chi connectivity index (χ0) is 25.6. The maximum Gasteiger partial charge on any atom is 0.304 e. The molecule has 0 spiro atoms. The number of hydrogen-bond acceptors (Lipinski definition) is 7. The normalized spacial score (nSPS) is 18.1. The Labute approximate surface area is 209 Å². The number of carbonyl (C=O) groups excluding carboxylic acids is 2. The van der Waals surface area contributed by atoms with Crippen LogP contribution in [0.2, 0.25) is 0 Å². The number of fused-ring (bicyclic) bond motifs is 2. The fourth-order valence-electron chi connectivity index (χ4n) is 5.52. The number of nitrogens with zero attached hydrogens (tertiary/aromatic N) is 3. The zero-order valence-corrected chi connectivity index (χ0v) is 21.2. The number of oxazole rings is 1. The Morgan fingerprint density at radius 3 is 2.22 bits per heavy atom. The van der Waals surface area contributed by atoms with Crippen LogP contribution in [-0.4, -0.2) is 61.6 Å². The summed E-state index contributed by atoms with van der Waals surface area (Å²) in [6.07, 6.45) is 6.52. The molecule has 2 N–H and O–H groups in total. The first-order valence-corrected chi connectivity index (χ1v) is 13.7. The zero-order valence-electron chi connectivity index (χ0n) is 20.4. The van der Waals surface area contributed by atoms with Gasteiger partial charge in [-0.05, 0) is 73.6 Å². The van der Waals surface area contributed by atoms with Gasteiger partial charge in [0.1, 0.15) is 12.1 Å². The van der Waals surface area contributed by atoms with Crippen molar-refractivity contribution in [3.8, 4) is 0 Å². The fraction of sp³-hybridized carbons (Fsp3) is 0.542. The number of anilines is 2. The molecule has 2 heterocycles. The standard InChI is InChI=1S/C24H30FN5O5S/c1-29(2)23(32)14-9-11-30(12-10-14)36(33,34)28-22(31)19-13-35-24(26-19)27-21-17-7-3-5-15(17)20(25)16-6-4-8-18(16)21/h13-14H,3-12H2,1-2H3,(H,26,27)(H,28,31). The monoisotopic (exact) mass is 519 g/mol. The Balaban J connectivity index is 1.27. The Morgan fingerprint density at radius 2 is 1.64 bits per heavy atom. The highest BCUT2D eigenvalue weighted by molar-refractivity contribution is 7.87. The third-order valence-electron chi connectivity index (χ3n) is 7.34. The number of rotatable bonds is 6. The van der Waals surface area contributed by atoms with Crippen LogP contribution in [0.15, 0.2) is 10.7 Å². The van der Waals surface area contributed by atoms with E-state index in [1.54, 1.807) is 14.1 Å². The first-order chi connectivity index (χ1) is 17.2. The van der Waals surface area contributed by atoms with Crippen molar-refractivity contribution in [1.29, 1.82) is 0 Å². The summed E-state index contributed by atoms with van der Waals surface area (Å²) in [7, 11) is -0.765. The molecule has 10 nitrogen and oxygen atoms in total. The van der Waals surface area contributed by atoms with E-state index in [-0.39, 0.29) is 42.4 Å². The van der Waals surface area contributed by atoms with Gasteiger partial charge >= 0.3 is 10.2 Å². The predicted octanol–water partition coefficient (Wildman–Crippen LogP) is 2.31. The lowest BCUT2D eigenvalue weighted by atomic mass is 9.97. The summed E-state index contributed by atoms with van der Waals surface area (Å²) in [6, 6.07) is 0.0513. The molecule has 1 aliphatic heterocycles. The third kappa shape index (κ3) is 4.47. The number of aromatic nitrogens is 1. The van der Waals surface area contributed by atoms with Gasteiger partial charge in [-0.1, -0.05) is 0 Å². The van der Waals surface area contributed by atoms with Crippen LogP contribution in [-0.2, 0) is 40.7 Å². The fourth-order valence-corrected chi connectivity index (χ4v) is 6.68. The second-order valence-electron chi connectivity index (χ2n) is 9.82. The second kappa shape index (κ2) is 9.47. The smallest absolute Gasteiger partial charge is 0.304 e. The van der Waals surface area contributed by atoms with Crippen molar-refractivity contribution < 1.29 is 26.8 Å². The molecule has 3 aliphatic rings. The molecule has 1 saturated heterocycles.